The maximum absolute atomic E-state index is 11.8. The first-order chi connectivity index (χ1) is 11.2. The number of aromatic nitrogens is 1. The fraction of sp³-hybridized carbons (Fsp3) is 0.111. The Morgan fingerprint density at radius 1 is 1.09 bits per heavy atom. The van der Waals surface area contributed by atoms with Crippen LogP contribution in [0.4, 0.5) is 0 Å². The molecule has 0 fully saturated rings. The number of esters is 1. The lowest BCUT2D eigenvalue weighted by atomic mass is 10.1. The molecule has 0 spiro atoms. The molecule has 3 rings (SSSR count). The van der Waals surface area contributed by atoms with Crippen molar-refractivity contribution in [3.05, 3.63) is 71.5 Å². The van der Waals surface area contributed by atoms with Crippen LogP contribution in [0.2, 0.25) is 5.15 Å². The van der Waals surface area contributed by atoms with E-state index in [-0.39, 0.29) is 18.3 Å². The number of ether oxygens (including phenoxy) is 1. The normalized spacial score (nSPS) is 10.7. The lowest BCUT2D eigenvalue weighted by molar-refractivity contribution is -0.141. The molecule has 2 aromatic carbocycles. The maximum Gasteiger partial charge on any atom is 0.316 e. The number of benzene rings is 2. The topological polar surface area (TPSA) is 39.2 Å². The molecule has 0 saturated heterocycles. The summed E-state index contributed by atoms with van der Waals surface area (Å²) in [6.07, 6.45) is 1.60. The molecule has 0 aliphatic rings. The van der Waals surface area contributed by atoms with Gasteiger partial charge in [0.25, 0.3) is 0 Å². The number of carbonyl (C=O) groups excluding carboxylic acids is 1. The lowest BCUT2D eigenvalue weighted by Gasteiger charge is -2.06. The monoisotopic (exact) mass is 343 g/mol. The smallest absolute Gasteiger partial charge is 0.316 e. The van der Waals surface area contributed by atoms with Gasteiger partial charge in [0.1, 0.15) is 11.8 Å². The Morgan fingerprint density at radius 3 is 2.70 bits per heavy atom. The molecule has 0 amide bonds. The molecule has 0 unspecified atom stereocenters. The van der Waals surface area contributed by atoms with Crippen LogP contribution in [0, 0.1) is 0 Å². The van der Waals surface area contributed by atoms with Crippen LogP contribution in [0.5, 0.6) is 0 Å². The van der Waals surface area contributed by atoms with Crippen molar-refractivity contribution < 1.29 is 9.53 Å². The predicted molar refractivity (Wildman–Crippen MR) is 93.7 cm³/mol. The van der Waals surface area contributed by atoms with Crippen LogP contribution in [0.1, 0.15) is 5.56 Å². The fourth-order valence-corrected chi connectivity index (χ4v) is 2.95. The predicted octanol–water partition coefficient (Wildman–Crippen LogP) is 4.72. The number of pyridine rings is 1. The minimum atomic E-state index is -0.252. The molecule has 0 saturated carbocycles. The number of rotatable bonds is 5. The third-order valence-electron chi connectivity index (χ3n) is 3.27. The number of carbonyl (C=O) groups is 1. The van der Waals surface area contributed by atoms with Crippen molar-refractivity contribution in [1.29, 1.82) is 0 Å². The van der Waals surface area contributed by atoms with Gasteiger partial charge >= 0.3 is 5.97 Å². The zero-order chi connectivity index (χ0) is 16.1. The molecule has 0 aliphatic heterocycles. The number of halogens is 1. The van der Waals surface area contributed by atoms with Gasteiger partial charge in [0.05, 0.1) is 5.75 Å². The minimum Gasteiger partial charge on any atom is -0.460 e. The second-order valence-corrected chi connectivity index (χ2v) is 6.38. The van der Waals surface area contributed by atoms with Crippen molar-refractivity contribution in [2.75, 3.05) is 5.75 Å². The minimum absolute atomic E-state index is 0.210. The highest BCUT2D eigenvalue weighted by molar-refractivity contribution is 8.00. The SMILES string of the molecule is O=C(CSc1ccc2ccccc2c1)OCc1ccc(Cl)nc1. The van der Waals surface area contributed by atoms with E-state index in [4.69, 9.17) is 16.3 Å². The van der Waals surface area contributed by atoms with E-state index in [0.717, 1.165) is 15.8 Å². The van der Waals surface area contributed by atoms with Crippen LogP contribution in [0.15, 0.2) is 65.7 Å². The Labute approximate surface area is 143 Å². The van der Waals surface area contributed by atoms with Gasteiger partial charge in [-0.15, -0.1) is 11.8 Å². The molecule has 5 heteroatoms. The molecule has 0 aliphatic carbocycles. The second kappa shape index (κ2) is 7.49. The highest BCUT2D eigenvalue weighted by Crippen LogP contribution is 2.23. The summed E-state index contributed by atoms with van der Waals surface area (Å²) in [7, 11) is 0. The van der Waals surface area contributed by atoms with Crippen LogP contribution in [0.3, 0.4) is 0 Å². The first-order valence-electron chi connectivity index (χ1n) is 7.08. The van der Waals surface area contributed by atoms with Gasteiger partial charge in [0.2, 0.25) is 0 Å². The average molecular weight is 344 g/mol. The Bertz CT molecular complexity index is 821. The number of fused-ring (bicyclic) bond motifs is 1. The Hall–Kier alpha value is -2.04. The molecule has 0 N–H and O–H groups in total. The largest absolute Gasteiger partial charge is 0.460 e. The molecule has 3 nitrogen and oxygen atoms in total. The van der Waals surface area contributed by atoms with Gasteiger partial charge in [-0.05, 0) is 29.0 Å². The molecule has 116 valence electrons. The summed E-state index contributed by atoms with van der Waals surface area (Å²) in [5.41, 5.74) is 0.818. The van der Waals surface area contributed by atoms with Gasteiger partial charge in [0, 0.05) is 16.7 Å². The molecule has 3 aromatic rings. The molecular formula is C18H14ClNO2S. The number of hydrogen-bond acceptors (Lipinski definition) is 4. The van der Waals surface area contributed by atoms with Gasteiger partial charge in [-0.1, -0.05) is 48.0 Å². The highest BCUT2D eigenvalue weighted by atomic mass is 35.5. The van der Waals surface area contributed by atoms with Crippen LogP contribution >= 0.6 is 23.4 Å². The molecule has 0 radical (unpaired) electrons. The van der Waals surface area contributed by atoms with E-state index in [0.29, 0.717) is 5.15 Å². The molecule has 0 atom stereocenters. The Balaban J connectivity index is 1.52. The first kappa shape index (κ1) is 15.8. The van der Waals surface area contributed by atoms with Crippen molar-refractivity contribution in [3.63, 3.8) is 0 Å². The zero-order valence-corrected chi connectivity index (χ0v) is 13.8. The fourth-order valence-electron chi connectivity index (χ4n) is 2.10. The van der Waals surface area contributed by atoms with E-state index >= 15 is 0 Å². The van der Waals surface area contributed by atoms with Crippen LogP contribution < -0.4 is 0 Å². The van der Waals surface area contributed by atoms with Gasteiger partial charge in [-0.2, -0.15) is 0 Å². The van der Waals surface area contributed by atoms with Gasteiger partial charge in [0.15, 0.2) is 0 Å². The van der Waals surface area contributed by atoms with E-state index in [9.17, 15) is 4.79 Å². The molecular weight excluding hydrogens is 330 g/mol. The Kier molecular flexibility index (Phi) is 5.16. The summed E-state index contributed by atoms with van der Waals surface area (Å²) in [5.74, 6) is 0.0254. The van der Waals surface area contributed by atoms with Crippen molar-refractivity contribution in [2.24, 2.45) is 0 Å². The van der Waals surface area contributed by atoms with Crippen molar-refractivity contribution >= 4 is 40.1 Å². The number of hydrogen-bond donors (Lipinski definition) is 0. The van der Waals surface area contributed by atoms with Crippen molar-refractivity contribution in [2.45, 2.75) is 11.5 Å². The quantitative estimate of drug-likeness (QED) is 0.381. The van der Waals surface area contributed by atoms with E-state index in [2.05, 4.69) is 29.2 Å². The Morgan fingerprint density at radius 2 is 1.91 bits per heavy atom. The average Bonchev–Trinajstić information content (AvgIpc) is 2.59. The summed E-state index contributed by atoms with van der Waals surface area (Å²) < 4.78 is 5.23. The van der Waals surface area contributed by atoms with Crippen LogP contribution in [-0.4, -0.2) is 16.7 Å². The standard InChI is InChI=1S/C18H14ClNO2S/c19-17-8-5-13(10-20-17)11-22-18(21)12-23-16-7-6-14-3-1-2-4-15(14)9-16/h1-10H,11-12H2. The van der Waals surface area contributed by atoms with E-state index in [1.807, 2.05) is 18.2 Å². The third-order valence-corrected chi connectivity index (χ3v) is 4.46. The van der Waals surface area contributed by atoms with Crippen molar-refractivity contribution in [3.8, 4) is 0 Å². The molecule has 0 bridgehead atoms. The maximum atomic E-state index is 11.8. The summed E-state index contributed by atoms with van der Waals surface area (Å²) in [6.45, 7) is 0.210. The third kappa shape index (κ3) is 4.47. The second-order valence-electron chi connectivity index (χ2n) is 4.95. The zero-order valence-electron chi connectivity index (χ0n) is 12.2. The summed E-state index contributed by atoms with van der Waals surface area (Å²) in [5, 5.41) is 2.78. The van der Waals surface area contributed by atoms with E-state index < -0.39 is 0 Å². The summed E-state index contributed by atoms with van der Waals surface area (Å²) in [4.78, 5) is 16.8. The summed E-state index contributed by atoms with van der Waals surface area (Å²) in [6, 6.07) is 17.8. The van der Waals surface area contributed by atoms with E-state index in [1.54, 1.807) is 18.3 Å². The van der Waals surface area contributed by atoms with Gasteiger partial charge < -0.3 is 4.74 Å². The van der Waals surface area contributed by atoms with Gasteiger partial charge in [-0.3, -0.25) is 4.79 Å². The summed E-state index contributed by atoms with van der Waals surface area (Å²) >= 11 is 7.18. The molecule has 1 heterocycles. The first-order valence-corrected chi connectivity index (χ1v) is 8.45. The highest BCUT2D eigenvalue weighted by Gasteiger charge is 2.06. The van der Waals surface area contributed by atoms with Crippen LogP contribution in [0.25, 0.3) is 10.8 Å². The molecule has 23 heavy (non-hydrogen) atoms. The van der Waals surface area contributed by atoms with E-state index in [1.165, 1.54) is 17.1 Å². The van der Waals surface area contributed by atoms with Gasteiger partial charge in [-0.25, -0.2) is 4.98 Å². The number of nitrogens with zero attached hydrogens (tertiary/aromatic N) is 1. The lowest BCUT2D eigenvalue weighted by Crippen LogP contribution is -2.07. The number of thioether (sulfide) groups is 1. The van der Waals surface area contributed by atoms with Crippen molar-refractivity contribution in [1.82, 2.24) is 4.98 Å². The van der Waals surface area contributed by atoms with Crippen LogP contribution in [-0.2, 0) is 16.1 Å². The molecule has 1 aromatic heterocycles.